The molecule has 2 aliphatic heterocycles. The van der Waals surface area contributed by atoms with E-state index in [9.17, 15) is 18.3 Å². The Bertz CT molecular complexity index is 1440. The van der Waals surface area contributed by atoms with Gasteiger partial charge in [-0.05, 0) is 61.2 Å². The Balaban J connectivity index is 1.68. The summed E-state index contributed by atoms with van der Waals surface area (Å²) in [5.74, 6) is 0.351. The van der Waals surface area contributed by atoms with Crippen LogP contribution in [0.15, 0.2) is 49.1 Å². The molecule has 2 aliphatic rings. The van der Waals surface area contributed by atoms with Crippen LogP contribution < -0.4 is 4.74 Å². The van der Waals surface area contributed by atoms with Crippen LogP contribution in [0.2, 0.25) is 0 Å². The maximum Gasteiger partial charge on any atom is 0.273 e. The number of hydrogen-bond donors (Lipinski definition) is 2. The van der Waals surface area contributed by atoms with E-state index in [-0.39, 0.29) is 23.2 Å². The molecule has 182 valence electrons. The van der Waals surface area contributed by atoms with Gasteiger partial charge < -0.3 is 14.7 Å². The molecule has 5 rings (SSSR count). The van der Waals surface area contributed by atoms with E-state index in [2.05, 4.69) is 16.8 Å². The van der Waals surface area contributed by atoms with E-state index in [1.165, 1.54) is 0 Å². The summed E-state index contributed by atoms with van der Waals surface area (Å²) in [6.45, 7) is 7.87. The molecule has 2 atom stereocenters. The van der Waals surface area contributed by atoms with Gasteiger partial charge in [0.25, 0.3) is 5.91 Å². The maximum atomic E-state index is 13.6. The number of nitrogens with one attached hydrogen (secondary N) is 1. The number of fused-ring (bicyclic) bond motifs is 1. The number of hydrogen-bond acceptors (Lipinski definition) is 6. The Morgan fingerprint density at radius 1 is 1.26 bits per heavy atom. The number of aromatic amines is 1. The predicted molar refractivity (Wildman–Crippen MR) is 132 cm³/mol. The normalized spacial score (nSPS) is 20.7. The van der Waals surface area contributed by atoms with Gasteiger partial charge in [0.15, 0.2) is 9.84 Å². The molecular formula is C26H27N3O5S. The molecule has 0 spiro atoms. The quantitative estimate of drug-likeness (QED) is 0.507. The van der Waals surface area contributed by atoms with Crippen molar-refractivity contribution < 1.29 is 23.1 Å². The number of carbonyl (C=O) groups excluding carboxylic acids is 1. The molecule has 0 aliphatic carbocycles. The number of amides is 1. The molecule has 3 heterocycles. The first-order valence-electron chi connectivity index (χ1n) is 11.5. The lowest BCUT2D eigenvalue weighted by molar-refractivity contribution is 0.0677. The summed E-state index contributed by atoms with van der Waals surface area (Å²) >= 11 is 0. The molecule has 9 heteroatoms. The predicted octanol–water partition coefficient (Wildman–Crippen LogP) is 3.70. The Kier molecular flexibility index (Phi) is 5.67. The Labute approximate surface area is 204 Å². The van der Waals surface area contributed by atoms with E-state index >= 15 is 0 Å². The number of H-pyrrole nitrogens is 1. The summed E-state index contributed by atoms with van der Waals surface area (Å²) in [7, 11) is -3.23. The third kappa shape index (κ3) is 3.99. The Morgan fingerprint density at radius 3 is 2.74 bits per heavy atom. The standard InChI is InChI=1S/C26H27N3O5S/c1-4-9-34-19-7-5-6-17(13-19)25-22-23(20-11-15(2)16(3)12-21(20)30)27-28-24(22)26(31)29(25)18-8-10-35(32,33)14-18/h4-7,11-13,18,25,30H,1,8-10,14H2,2-3H3,(H,27,28). The lowest BCUT2D eigenvalue weighted by atomic mass is 9.93. The number of sulfone groups is 1. The van der Waals surface area contributed by atoms with Crippen molar-refractivity contribution in [3.8, 4) is 22.8 Å². The number of phenolic OH excluding ortho intramolecular Hbond substituents is 1. The molecule has 2 N–H and O–H groups in total. The fourth-order valence-corrected chi connectivity index (χ4v) is 6.70. The summed E-state index contributed by atoms with van der Waals surface area (Å²) < 4.78 is 30.4. The molecule has 1 amide bonds. The van der Waals surface area contributed by atoms with Gasteiger partial charge in [-0.2, -0.15) is 5.10 Å². The Hall–Kier alpha value is -3.59. The first-order valence-corrected chi connectivity index (χ1v) is 13.3. The topological polar surface area (TPSA) is 113 Å². The molecule has 8 nitrogen and oxygen atoms in total. The van der Waals surface area contributed by atoms with Gasteiger partial charge in [0.1, 0.15) is 29.5 Å². The minimum atomic E-state index is -3.23. The lowest BCUT2D eigenvalue weighted by Gasteiger charge is -2.31. The highest BCUT2D eigenvalue weighted by molar-refractivity contribution is 7.91. The monoisotopic (exact) mass is 493 g/mol. The van der Waals surface area contributed by atoms with E-state index in [1.807, 2.05) is 44.2 Å². The zero-order chi connectivity index (χ0) is 24.9. The van der Waals surface area contributed by atoms with Gasteiger partial charge in [-0.3, -0.25) is 9.89 Å². The molecule has 1 aromatic heterocycles. The summed E-state index contributed by atoms with van der Waals surface area (Å²) in [4.78, 5) is 15.3. The zero-order valence-corrected chi connectivity index (χ0v) is 20.4. The summed E-state index contributed by atoms with van der Waals surface area (Å²) in [6, 6.07) is 9.89. The third-order valence-corrected chi connectivity index (χ3v) is 8.56. The van der Waals surface area contributed by atoms with Crippen LogP contribution in [-0.4, -0.2) is 58.7 Å². The highest BCUT2D eigenvalue weighted by Crippen LogP contribution is 2.47. The third-order valence-electron chi connectivity index (χ3n) is 6.81. The Morgan fingerprint density at radius 2 is 2.03 bits per heavy atom. The molecule has 0 bridgehead atoms. The number of rotatable bonds is 6. The van der Waals surface area contributed by atoms with Crippen molar-refractivity contribution >= 4 is 15.7 Å². The van der Waals surface area contributed by atoms with Gasteiger partial charge in [0.2, 0.25) is 0 Å². The smallest absolute Gasteiger partial charge is 0.273 e. The number of aromatic hydroxyl groups is 1. The van der Waals surface area contributed by atoms with Crippen LogP contribution in [-0.2, 0) is 9.84 Å². The van der Waals surface area contributed by atoms with Gasteiger partial charge in [-0.1, -0.05) is 24.8 Å². The van der Waals surface area contributed by atoms with Crippen LogP contribution in [0.4, 0.5) is 0 Å². The van der Waals surface area contributed by atoms with E-state index in [1.54, 1.807) is 17.0 Å². The minimum Gasteiger partial charge on any atom is -0.507 e. The van der Waals surface area contributed by atoms with Crippen LogP contribution in [0.5, 0.6) is 11.5 Å². The van der Waals surface area contributed by atoms with E-state index in [0.717, 1.165) is 16.7 Å². The van der Waals surface area contributed by atoms with Crippen LogP contribution in [0.1, 0.15) is 45.2 Å². The molecule has 35 heavy (non-hydrogen) atoms. The number of carbonyl (C=O) groups is 1. The number of aromatic nitrogens is 2. The second kappa shape index (κ2) is 8.57. The number of aryl methyl sites for hydroxylation is 2. The highest BCUT2D eigenvalue weighted by Gasteiger charge is 2.48. The van der Waals surface area contributed by atoms with Gasteiger partial charge in [0.05, 0.1) is 17.5 Å². The molecule has 2 aromatic carbocycles. The van der Waals surface area contributed by atoms with Crippen molar-refractivity contribution in [2.24, 2.45) is 0 Å². The van der Waals surface area contributed by atoms with Crippen molar-refractivity contribution in [2.45, 2.75) is 32.4 Å². The number of benzene rings is 2. The molecular weight excluding hydrogens is 466 g/mol. The minimum absolute atomic E-state index is 0.0492. The van der Waals surface area contributed by atoms with Crippen molar-refractivity contribution in [3.05, 3.63) is 77.0 Å². The lowest BCUT2D eigenvalue weighted by Crippen LogP contribution is -2.40. The average molecular weight is 494 g/mol. The fraction of sp³-hybridized carbons (Fsp3) is 0.308. The van der Waals surface area contributed by atoms with Crippen molar-refractivity contribution in [1.82, 2.24) is 15.1 Å². The molecule has 1 saturated heterocycles. The van der Waals surface area contributed by atoms with Crippen LogP contribution in [0.3, 0.4) is 0 Å². The van der Waals surface area contributed by atoms with Crippen LogP contribution >= 0.6 is 0 Å². The second-order valence-electron chi connectivity index (χ2n) is 9.16. The average Bonchev–Trinajstić information content (AvgIpc) is 3.48. The first kappa shape index (κ1) is 23.2. The zero-order valence-electron chi connectivity index (χ0n) is 19.6. The van der Waals surface area contributed by atoms with Gasteiger partial charge in [0, 0.05) is 17.2 Å². The number of ether oxygens (including phenoxy) is 1. The summed E-state index contributed by atoms with van der Waals surface area (Å²) in [5, 5.41) is 18.1. The molecule has 0 radical (unpaired) electrons. The van der Waals surface area contributed by atoms with E-state index in [4.69, 9.17) is 4.74 Å². The second-order valence-corrected chi connectivity index (χ2v) is 11.4. The SMILES string of the molecule is C=CCOc1cccc(C2c3c(-c4cc(C)c(C)cc4O)n[nH]c3C(=O)N2C2CCS(=O)(=O)C2)c1. The van der Waals surface area contributed by atoms with E-state index < -0.39 is 21.9 Å². The van der Waals surface area contributed by atoms with Crippen molar-refractivity contribution in [2.75, 3.05) is 18.1 Å². The van der Waals surface area contributed by atoms with Gasteiger partial charge in [-0.25, -0.2) is 8.42 Å². The van der Waals surface area contributed by atoms with Crippen LogP contribution in [0.25, 0.3) is 11.3 Å². The van der Waals surface area contributed by atoms with Gasteiger partial charge >= 0.3 is 0 Å². The van der Waals surface area contributed by atoms with Gasteiger partial charge in [-0.15, -0.1) is 0 Å². The molecule has 2 unspecified atom stereocenters. The largest absolute Gasteiger partial charge is 0.507 e. The van der Waals surface area contributed by atoms with Crippen LogP contribution in [0, 0.1) is 13.8 Å². The molecule has 0 saturated carbocycles. The highest BCUT2D eigenvalue weighted by atomic mass is 32.2. The number of phenols is 1. The fourth-order valence-electron chi connectivity index (χ4n) is 4.99. The summed E-state index contributed by atoms with van der Waals surface area (Å²) in [6.07, 6.45) is 2.02. The molecule has 1 fully saturated rings. The van der Waals surface area contributed by atoms with E-state index in [0.29, 0.717) is 41.3 Å². The van der Waals surface area contributed by atoms with Crippen molar-refractivity contribution in [3.63, 3.8) is 0 Å². The first-order chi connectivity index (χ1) is 16.7. The maximum absolute atomic E-state index is 13.6. The van der Waals surface area contributed by atoms with Crippen molar-refractivity contribution in [1.29, 1.82) is 0 Å². The number of nitrogens with zero attached hydrogens (tertiary/aromatic N) is 2. The summed E-state index contributed by atoms with van der Waals surface area (Å²) in [5.41, 5.74) is 4.62. The molecule has 3 aromatic rings.